The third-order valence-electron chi connectivity index (χ3n) is 7.92. The van der Waals surface area contributed by atoms with Crippen LogP contribution >= 0.6 is 11.3 Å². The molecule has 4 heterocycles. The molecule has 0 radical (unpaired) electrons. The first-order valence-electron chi connectivity index (χ1n) is 15.0. The summed E-state index contributed by atoms with van der Waals surface area (Å²) in [5.74, 6) is -3.91. The maximum Gasteiger partial charge on any atom is 0.289 e. The highest BCUT2D eigenvalue weighted by molar-refractivity contribution is 7.92. The highest BCUT2D eigenvalue weighted by Gasteiger charge is 2.34. The van der Waals surface area contributed by atoms with E-state index in [-0.39, 0.29) is 46.9 Å². The normalized spacial score (nSPS) is 17.0. The Kier molecular flexibility index (Phi) is 10.1. The van der Waals surface area contributed by atoms with Gasteiger partial charge in [0.25, 0.3) is 26.7 Å². The Morgan fingerprint density at radius 3 is 2.20 bits per heavy atom. The summed E-state index contributed by atoms with van der Waals surface area (Å²) in [7, 11) is -8.55. The monoisotopic (exact) mass is 744 g/mol. The number of hydrogen-bond donors (Lipinski definition) is 3. The fraction of sp³-hybridized carbons (Fsp3) is 0.345. The van der Waals surface area contributed by atoms with Crippen LogP contribution in [0.15, 0.2) is 53.6 Å². The molecule has 49 heavy (non-hydrogen) atoms. The standard InChI is InChI=1S/C29H29F5N8O4S3/c30-19-4-2-5-20(31)26(19)48(43,44)40-21-6-1-3-18(23(21)32)24-25(47-28(39-24)27(33)34)22-7-10-36-29(38-22)37-17-8-13-41(14-9-17)49(45,46)42-15-11-35-12-16-42/h1-7,10,17,27,35,40H,8-9,11-16H2,(H,36,37,38). The lowest BCUT2D eigenvalue weighted by Crippen LogP contribution is -2.54. The molecule has 0 amide bonds. The van der Waals surface area contributed by atoms with Crippen LogP contribution in [0.4, 0.5) is 33.6 Å². The number of hydrogen-bond acceptors (Lipinski definition) is 10. The molecular formula is C29H29F5N8O4S3. The molecule has 6 rings (SSSR count). The number of thiazole rings is 1. The number of piperazine rings is 1. The molecule has 0 spiro atoms. The summed E-state index contributed by atoms with van der Waals surface area (Å²) in [6.07, 6.45) is -0.770. The number of benzene rings is 2. The van der Waals surface area contributed by atoms with E-state index >= 15 is 4.39 Å². The third kappa shape index (κ3) is 7.38. The fourth-order valence-electron chi connectivity index (χ4n) is 5.52. The Hall–Kier alpha value is -3.82. The molecule has 0 bridgehead atoms. The zero-order valence-corrected chi connectivity index (χ0v) is 27.9. The van der Waals surface area contributed by atoms with Gasteiger partial charge in [0.2, 0.25) is 5.95 Å². The number of halogens is 5. The minimum absolute atomic E-state index is 0.0248. The number of sulfonamides is 1. The van der Waals surface area contributed by atoms with Crippen LogP contribution in [0.2, 0.25) is 0 Å². The molecule has 0 unspecified atom stereocenters. The summed E-state index contributed by atoms with van der Waals surface area (Å²) in [6, 6.07) is 7.04. The Balaban J connectivity index is 1.24. The van der Waals surface area contributed by atoms with Crippen molar-refractivity contribution in [3.8, 4) is 21.8 Å². The molecule has 4 aromatic rings. The number of alkyl halides is 2. The van der Waals surface area contributed by atoms with Crippen LogP contribution in [-0.2, 0) is 20.2 Å². The van der Waals surface area contributed by atoms with E-state index < -0.39 is 59.7 Å². The summed E-state index contributed by atoms with van der Waals surface area (Å²) in [6.45, 7) is 2.49. The van der Waals surface area contributed by atoms with Crippen molar-refractivity contribution in [1.82, 2.24) is 28.9 Å². The van der Waals surface area contributed by atoms with Crippen LogP contribution in [0.25, 0.3) is 21.8 Å². The van der Waals surface area contributed by atoms with Crippen LogP contribution in [0.3, 0.4) is 0 Å². The van der Waals surface area contributed by atoms with Crippen molar-refractivity contribution in [1.29, 1.82) is 0 Å². The molecule has 0 saturated carbocycles. The molecule has 3 N–H and O–H groups in total. The van der Waals surface area contributed by atoms with Crippen molar-refractivity contribution in [2.45, 2.75) is 30.2 Å². The maximum absolute atomic E-state index is 15.9. The number of anilines is 2. The molecule has 0 atom stereocenters. The van der Waals surface area contributed by atoms with E-state index in [9.17, 15) is 34.4 Å². The lowest BCUT2D eigenvalue weighted by atomic mass is 10.1. The van der Waals surface area contributed by atoms with E-state index in [1.54, 1.807) is 0 Å². The number of nitrogens with one attached hydrogen (secondary N) is 3. The molecule has 2 aliphatic rings. The van der Waals surface area contributed by atoms with Crippen molar-refractivity contribution < 1.29 is 38.8 Å². The van der Waals surface area contributed by atoms with Crippen LogP contribution in [0.5, 0.6) is 0 Å². The van der Waals surface area contributed by atoms with Crippen molar-refractivity contribution in [2.75, 3.05) is 49.3 Å². The minimum atomic E-state index is -4.95. The maximum atomic E-state index is 15.9. The van der Waals surface area contributed by atoms with Crippen molar-refractivity contribution >= 4 is 43.2 Å². The molecule has 262 valence electrons. The van der Waals surface area contributed by atoms with Crippen LogP contribution in [0.1, 0.15) is 24.3 Å². The molecule has 2 aromatic heterocycles. The quantitative estimate of drug-likeness (QED) is 0.200. The van der Waals surface area contributed by atoms with Gasteiger partial charge in [0.15, 0.2) is 15.7 Å². The predicted octanol–water partition coefficient (Wildman–Crippen LogP) is 4.45. The Morgan fingerprint density at radius 2 is 1.53 bits per heavy atom. The average molecular weight is 745 g/mol. The molecular weight excluding hydrogens is 716 g/mol. The summed E-state index contributed by atoms with van der Waals surface area (Å²) < 4.78 is 129. The summed E-state index contributed by atoms with van der Waals surface area (Å²) in [5, 5.41) is 5.63. The van der Waals surface area contributed by atoms with Crippen LogP contribution in [0, 0.1) is 17.5 Å². The lowest BCUT2D eigenvalue weighted by Gasteiger charge is -2.36. The van der Waals surface area contributed by atoms with Crippen molar-refractivity contribution in [3.63, 3.8) is 0 Å². The molecule has 2 saturated heterocycles. The van der Waals surface area contributed by atoms with Gasteiger partial charge in [-0.3, -0.25) is 4.72 Å². The minimum Gasteiger partial charge on any atom is -0.351 e. The third-order valence-corrected chi connectivity index (χ3v) is 12.5. The fourth-order valence-corrected chi connectivity index (χ4v) is 9.27. The van der Waals surface area contributed by atoms with Gasteiger partial charge in [-0.05, 0) is 43.2 Å². The van der Waals surface area contributed by atoms with Crippen LogP contribution in [-0.4, -0.2) is 85.7 Å². The summed E-state index contributed by atoms with van der Waals surface area (Å²) in [5.41, 5.74) is -1.24. The van der Waals surface area contributed by atoms with Gasteiger partial charge >= 0.3 is 0 Å². The number of nitrogens with zero attached hydrogens (tertiary/aromatic N) is 5. The number of aromatic nitrogens is 3. The van der Waals surface area contributed by atoms with Gasteiger partial charge in [-0.15, -0.1) is 11.3 Å². The van der Waals surface area contributed by atoms with Crippen LogP contribution < -0.4 is 15.4 Å². The van der Waals surface area contributed by atoms with Gasteiger partial charge in [0.05, 0.1) is 22.0 Å². The summed E-state index contributed by atoms with van der Waals surface area (Å²) in [4.78, 5) is 11.3. The van der Waals surface area contributed by atoms with Gasteiger partial charge in [-0.2, -0.15) is 17.0 Å². The smallest absolute Gasteiger partial charge is 0.289 e. The molecule has 12 nitrogen and oxygen atoms in total. The van der Waals surface area contributed by atoms with E-state index in [1.807, 2.05) is 4.72 Å². The first-order valence-corrected chi connectivity index (χ1v) is 18.7. The highest BCUT2D eigenvalue weighted by Crippen LogP contribution is 2.41. The number of rotatable bonds is 10. The molecule has 20 heteroatoms. The zero-order valence-electron chi connectivity index (χ0n) is 25.4. The molecule has 2 aliphatic heterocycles. The van der Waals surface area contributed by atoms with Crippen molar-refractivity contribution in [2.24, 2.45) is 0 Å². The zero-order chi connectivity index (χ0) is 34.9. The van der Waals surface area contributed by atoms with E-state index in [0.29, 0.717) is 50.4 Å². The second-order valence-corrected chi connectivity index (χ2v) is 15.7. The Labute approximate surface area is 282 Å². The van der Waals surface area contributed by atoms with E-state index in [0.717, 1.165) is 24.3 Å². The highest BCUT2D eigenvalue weighted by atomic mass is 32.2. The SMILES string of the molecule is O=S(=O)(Nc1cccc(-c2nc(C(F)F)sc2-c2ccnc(NC3CCN(S(=O)(=O)N4CCNCC4)CC3)n2)c1F)c1c(F)cccc1F. The lowest BCUT2D eigenvalue weighted by molar-refractivity contribution is 0.151. The largest absolute Gasteiger partial charge is 0.351 e. The number of piperidine rings is 1. The van der Waals surface area contributed by atoms with Gasteiger partial charge in [0, 0.05) is 57.1 Å². The first-order chi connectivity index (χ1) is 23.3. The Morgan fingerprint density at radius 1 is 0.878 bits per heavy atom. The van der Waals surface area contributed by atoms with Gasteiger partial charge < -0.3 is 10.6 Å². The van der Waals surface area contributed by atoms with E-state index in [1.165, 1.54) is 33.0 Å². The molecule has 2 aromatic carbocycles. The Bertz CT molecular complexity index is 2040. The van der Waals surface area contributed by atoms with E-state index in [4.69, 9.17) is 0 Å². The van der Waals surface area contributed by atoms with Gasteiger partial charge in [0.1, 0.15) is 11.6 Å². The first kappa shape index (κ1) is 35.0. The van der Waals surface area contributed by atoms with Gasteiger partial charge in [-0.1, -0.05) is 12.1 Å². The molecule has 2 fully saturated rings. The average Bonchev–Trinajstić information content (AvgIpc) is 3.52. The summed E-state index contributed by atoms with van der Waals surface area (Å²) >= 11 is 0.549. The predicted molar refractivity (Wildman–Crippen MR) is 172 cm³/mol. The van der Waals surface area contributed by atoms with Crippen molar-refractivity contribution in [3.05, 3.63) is 71.1 Å². The van der Waals surface area contributed by atoms with Gasteiger partial charge in [-0.25, -0.2) is 45.3 Å². The molecule has 0 aliphatic carbocycles. The topological polar surface area (TPSA) is 150 Å². The van der Waals surface area contributed by atoms with E-state index in [2.05, 4.69) is 25.6 Å². The second kappa shape index (κ2) is 14.2. The second-order valence-electron chi connectivity index (χ2n) is 11.1.